The maximum atomic E-state index is 13.6. The average molecular weight is 471 g/mol. The Balaban J connectivity index is 2.36. The van der Waals surface area contributed by atoms with Crippen LogP contribution in [0, 0.1) is 25.2 Å². The number of nitrogens with zero attached hydrogens (tertiary/aromatic N) is 2. The molecule has 2 N–H and O–H groups in total. The van der Waals surface area contributed by atoms with Gasteiger partial charge in [0, 0.05) is 6.04 Å². The van der Waals surface area contributed by atoms with Gasteiger partial charge in [-0.25, -0.2) is 4.79 Å². The van der Waals surface area contributed by atoms with Gasteiger partial charge in [0.1, 0.15) is 24.2 Å². The maximum absolute atomic E-state index is 13.6. The Labute approximate surface area is 203 Å². The molecule has 0 aromatic heterocycles. The zero-order valence-electron chi connectivity index (χ0n) is 21.2. The van der Waals surface area contributed by atoms with Crippen molar-refractivity contribution in [3.63, 3.8) is 0 Å². The van der Waals surface area contributed by atoms with E-state index in [0.717, 1.165) is 43.2 Å². The molecular formula is C26H38N4O4. The Kier molecular flexibility index (Phi) is 9.48. The Morgan fingerprint density at radius 1 is 1.18 bits per heavy atom. The Morgan fingerprint density at radius 3 is 2.38 bits per heavy atom. The van der Waals surface area contributed by atoms with Gasteiger partial charge in [0.15, 0.2) is 0 Å². The van der Waals surface area contributed by atoms with Gasteiger partial charge in [-0.1, -0.05) is 43.0 Å². The fraction of sp³-hybridized carbons (Fsp3) is 0.615. The first kappa shape index (κ1) is 27.2. The highest BCUT2D eigenvalue weighted by molar-refractivity contribution is 5.92. The molecule has 2 unspecified atom stereocenters. The first-order valence-corrected chi connectivity index (χ1v) is 12.0. The van der Waals surface area contributed by atoms with Crippen LogP contribution in [0.4, 0.5) is 4.79 Å². The lowest BCUT2D eigenvalue weighted by atomic mass is 9.93. The summed E-state index contributed by atoms with van der Waals surface area (Å²) in [6.45, 7) is 10.3. The smallest absolute Gasteiger partial charge is 0.408 e. The van der Waals surface area contributed by atoms with E-state index in [0.29, 0.717) is 5.56 Å². The van der Waals surface area contributed by atoms with E-state index in [1.165, 1.54) is 11.8 Å². The highest BCUT2D eigenvalue weighted by atomic mass is 16.6. The van der Waals surface area contributed by atoms with Crippen LogP contribution in [0.1, 0.15) is 82.5 Å². The van der Waals surface area contributed by atoms with E-state index in [9.17, 15) is 19.6 Å². The number of aryl methyl sites for hydroxylation is 2. The molecule has 34 heavy (non-hydrogen) atoms. The second kappa shape index (κ2) is 11.9. The summed E-state index contributed by atoms with van der Waals surface area (Å²) in [6.07, 6.45) is 4.32. The Hall–Kier alpha value is -3.08. The van der Waals surface area contributed by atoms with Gasteiger partial charge in [-0.2, -0.15) is 5.26 Å². The molecule has 2 rings (SSSR count). The highest BCUT2D eigenvalue weighted by Gasteiger charge is 2.36. The van der Waals surface area contributed by atoms with Crippen molar-refractivity contribution >= 4 is 17.9 Å². The molecule has 1 aromatic rings. The van der Waals surface area contributed by atoms with E-state index >= 15 is 0 Å². The zero-order valence-corrected chi connectivity index (χ0v) is 21.2. The number of carbonyl (C=O) groups excluding carboxylic acids is 3. The molecule has 0 aliphatic heterocycles. The first-order valence-electron chi connectivity index (χ1n) is 12.0. The molecule has 1 aliphatic carbocycles. The number of nitrogens with one attached hydrogen (secondary N) is 2. The minimum atomic E-state index is -0.988. The molecule has 0 saturated heterocycles. The van der Waals surface area contributed by atoms with Crippen molar-refractivity contribution in [2.75, 3.05) is 6.54 Å². The number of ether oxygens (including phenoxy) is 1. The third-order valence-corrected chi connectivity index (χ3v) is 5.86. The minimum absolute atomic E-state index is 0.0471. The predicted molar refractivity (Wildman–Crippen MR) is 130 cm³/mol. The molecule has 0 spiro atoms. The second-order valence-electron chi connectivity index (χ2n) is 10.1. The first-order chi connectivity index (χ1) is 15.9. The third kappa shape index (κ3) is 7.75. The fourth-order valence-electron chi connectivity index (χ4n) is 4.28. The van der Waals surface area contributed by atoms with Crippen molar-refractivity contribution in [3.8, 4) is 6.07 Å². The molecule has 3 amide bonds. The fourth-order valence-corrected chi connectivity index (χ4v) is 4.28. The van der Waals surface area contributed by atoms with Crippen LogP contribution in [0.15, 0.2) is 18.2 Å². The summed E-state index contributed by atoms with van der Waals surface area (Å²) in [7, 11) is 0. The number of alkyl carbamates (subject to hydrolysis) is 1. The van der Waals surface area contributed by atoms with Crippen LogP contribution in [-0.2, 0) is 14.3 Å². The molecule has 1 fully saturated rings. The largest absolute Gasteiger partial charge is 0.444 e. The van der Waals surface area contributed by atoms with Crippen LogP contribution >= 0.6 is 0 Å². The molecule has 0 radical (unpaired) electrons. The van der Waals surface area contributed by atoms with Crippen LogP contribution < -0.4 is 10.6 Å². The monoisotopic (exact) mass is 470 g/mol. The Bertz CT molecular complexity index is 926. The predicted octanol–water partition coefficient (Wildman–Crippen LogP) is 4.06. The number of carbonyl (C=O) groups is 3. The van der Waals surface area contributed by atoms with Crippen molar-refractivity contribution in [1.82, 2.24) is 15.5 Å². The van der Waals surface area contributed by atoms with E-state index < -0.39 is 29.7 Å². The van der Waals surface area contributed by atoms with Crippen molar-refractivity contribution in [3.05, 3.63) is 34.9 Å². The maximum Gasteiger partial charge on any atom is 0.408 e. The SMILES string of the molecule is Cc1ccc(C(C(=O)NC2CCCCC2)N(CC#N)C(=O)C(C)NC(=O)OC(C)(C)C)c(C)c1. The quantitative estimate of drug-likeness (QED) is 0.584. The van der Waals surface area contributed by atoms with E-state index in [4.69, 9.17) is 4.74 Å². The van der Waals surface area contributed by atoms with Crippen molar-refractivity contribution in [2.24, 2.45) is 0 Å². The van der Waals surface area contributed by atoms with Crippen LogP contribution in [0.3, 0.4) is 0 Å². The lowest BCUT2D eigenvalue weighted by Gasteiger charge is -2.34. The van der Waals surface area contributed by atoms with Gasteiger partial charge in [0.2, 0.25) is 11.8 Å². The lowest BCUT2D eigenvalue weighted by Crippen LogP contribution is -2.53. The molecule has 1 aromatic carbocycles. The van der Waals surface area contributed by atoms with E-state index in [1.807, 2.05) is 38.1 Å². The summed E-state index contributed by atoms with van der Waals surface area (Å²) < 4.78 is 5.26. The summed E-state index contributed by atoms with van der Waals surface area (Å²) in [6, 6.07) is 5.76. The Morgan fingerprint density at radius 2 is 1.82 bits per heavy atom. The molecule has 2 atom stereocenters. The highest BCUT2D eigenvalue weighted by Crippen LogP contribution is 2.27. The number of hydrogen-bond acceptors (Lipinski definition) is 5. The van der Waals surface area contributed by atoms with E-state index in [-0.39, 0.29) is 18.5 Å². The molecule has 1 aliphatic rings. The number of rotatable bonds is 7. The van der Waals surface area contributed by atoms with Crippen LogP contribution in [0.5, 0.6) is 0 Å². The molecule has 0 heterocycles. The second-order valence-corrected chi connectivity index (χ2v) is 10.1. The molecular weight excluding hydrogens is 432 g/mol. The normalized spacial score (nSPS) is 16.0. The molecule has 0 bridgehead atoms. The number of benzene rings is 1. The molecule has 8 nitrogen and oxygen atoms in total. The van der Waals surface area contributed by atoms with Crippen LogP contribution in [-0.4, -0.2) is 47.0 Å². The lowest BCUT2D eigenvalue weighted by molar-refractivity contribution is -0.141. The molecule has 186 valence electrons. The van der Waals surface area contributed by atoms with Crippen LogP contribution in [0.25, 0.3) is 0 Å². The van der Waals surface area contributed by atoms with Gasteiger partial charge in [0.25, 0.3) is 0 Å². The van der Waals surface area contributed by atoms with Crippen molar-refractivity contribution < 1.29 is 19.1 Å². The average Bonchev–Trinajstić information content (AvgIpc) is 2.73. The standard InChI is InChI=1S/C26H38N4O4/c1-17-12-13-21(18(2)16-17)22(23(31)29-20-10-8-7-9-11-20)30(15-14-27)24(32)19(3)28-25(33)34-26(4,5)6/h12-13,16,19-20,22H,7-11,15H2,1-6H3,(H,28,33)(H,29,31). The summed E-state index contributed by atoms with van der Waals surface area (Å²) >= 11 is 0. The van der Waals surface area contributed by atoms with Gasteiger partial charge in [-0.05, 0) is 65.5 Å². The number of nitriles is 1. The summed E-state index contributed by atoms with van der Waals surface area (Å²) in [5, 5.41) is 15.2. The summed E-state index contributed by atoms with van der Waals surface area (Å²) in [5.74, 6) is -0.844. The van der Waals surface area contributed by atoms with Gasteiger partial charge in [0.05, 0.1) is 6.07 Å². The van der Waals surface area contributed by atoms with Gasteiger partial charge < -0.3 is 20.3 Å². The van der Waals surface area contributed by atoms with Crippen molar-refractivity contribution in [1.29, 1.82) is 5.26 Å². The summed E-state index contributed by atoms with van der Waals surface area (Å²) in [4.78, 5) is 40.5. The molecule has 8 heteroatoms. The van der Waals surface area contributed by atoms with Gasteiger partial charge in [-0.15, -0.1) is 0 Å². The van der Waals surface area contributed by atoms with E-state index in [2.05, 4.69) is 10.6 Å². The van der Waals surface area contributed by atoms with Crippen LogP contribution in [0.2, 0.25) is 0 Å². The summed E-state index contributed by atoms with van der Waals surface area (Å²) in [5.41, 5.74) is 1.82. The van der Waals surface area contributed by atoms with E-state index in [1.54, 1.807) is 20.8 Å². The minimum Gasteiger partial charge on any atom is -0.444 e. The van der Waals surface area contributed by atoms with Gasteiger partial charge in [-0.3, -0.25) is 9.59 Å². The number of hydrogen-bond donors (Lipinski definition) is 2. The van der Waals surface area contributed by atoms with Gasteiger partial charge >= 0.3 is 6.09 Å². The molecule has 1 saturated carbocycles. The third-order valence-electron chi connectivity index (χ3n) is 5.86. The van der Waals surface area contributed by atoms with Crippen molar-refractivity contribution in [2.45, 2.75) is 97.4 Å². The number of amides is 3. The topological polar surface area (TPSA) is 112 Å². The zero-order chi connectivity index (χ0) is 25.5.